The molecule has 0 bridgehead atoms. The lowest BCUT2D eigenvalue weighted by Gasteiger charge is -2.26. The maximum atomic E-state index is 12.9. The molecule has 1 fully saturated rings. The number of aryl methyl sites for hydroxylation is 1. The Kier molecular flexibility index (Phi) is 6.58. The lowest BCUT2D eigenvalue weighted by Crippen LogP contribution is -2.40. The number of hydrogen-bond acceptors (Lipinski definition) is 5. The van der Waals surface area contributed by atoms with Crippen LogP contribution in [0.15, 0.2) is 41.3 Å². The Labute approximate surface area is 178 Å². The summed E-state index contributed by atoms with van der Waals surface area (Å²) in [5, 5.41) is 2.84. The van der Waals surface area contributed by atoms with Crippen molar-refractivity contribution in [2.24, 2.45) is 0 Å². The summed E-state index contributed by atoms with van der Waals surface area (Å²) >= 11 is 2.20. The highest BCUT2D eigenvalue weighted by molar-refractivity contribution is 14.1. The number of halogens is 1. The molecule has 0 aromatic heterocycles. The Morgan fingerprint density at radius 1 is 1.18 bits per heavy atom. The second-order valence-corrected chi connectivity index (χ2v) is 9.48. The molecule has 0 atom stereocenters. The molecule has 1 aliphatic rings. The number of sulfonamides is 1. The predicted molar refractivity (Wildman–Crippen MR) is 114 cm³/mol. The maximum Gasteiger partial charge on any atom is 0.259 e. The predicted octanol–water partition coefficient (Wildman–Crippen LogP) is 2.88. The van der Waals surface area contributed by atoms with Gasteiger partial charge in [0, 0.05) is 22.3 Å². The number of carbonyl (C=O) groups excluding carboxylic acids is 1. The van der Waals surface area contributed by atoms with E-state index in [9.17, 15) is 13.2 Å². The van der Waals surface area contributed by atoms with Gasteiger partial charge in [-0.25, -0.2) is 8.42 Å². The zero-order chi connectivity index (χ0) is 20.3. The Bertz CT molecular complexity index is 988. The maximum absolute atomic E-state index is 12.9. The van der Waals surface area contributed by atoms with Crippen LogP contribution in [0.3, 0.4) is 0 Å². The van der Waals surface area contributed by atoms with Gasteiger partial charge < -0.3 is 14.8 Å². The van der Waals surface area contributed by atoms with E-state index >= 15 is 0 Å². The molecule has 28 heavy (non-hydrogen) atoms. The summed E-state index contributed by atoms with van der Waals surface area (Å²) in [7, 11) is -2.27. The molecule has 1 heterocycles. The largest absolute Gasteiger partial charge is 0.496 e. The SMILES string of the molecule is COc1ccc(S(=O)(=O)N2CCOCC2)cc1C(=O)Nc1ccc(I)cc1C. The Morgan fingerprint density at radius 3 is 2.54 bits per heavy atom. The molecule has 2 aromatic rings. The Hall–Kier alpha value is -1.69. The molecule has 0 radical (unpaired) electrons. The van der Waals surface area contributed by atoms with Crippen LogP contribution in [0.4, 0.5) is 5.69 Å². The van der Waals surface area contributed by atoms with Gasteiger partial charge in [-0.3, -0.25) is 4.79 Å². The summed E-state index contributed by atoms with van der Waals surface area (Å²) in [6.07, 6.45) is 0. The first kappa shape index (κ1) is 21.0. The average molecular weight is 516 g/mol. The molecular formula is C19H21IN2O5S. The van der Waals surface area contributed by atoms with Gasteiger partial charge in [-0.05, 0) is 71.5 Å². The first-order valence-electron chi connectivity index (χ1n) is 8.66. The molecule has 0 saturated carbocycles. The van der Waals surface area contributed by atoms with Gasteiger partial charge in [0.15, 0.2) is 0 Å². The highest BCUT2D eigenvalue weighted by Crippen LogP contribution is 2.27. The fraction of sp³-hybridized carbons (Fsp3) is 0.316. The number of ether oxygens (including phenoxy) is 2. The van der Waals surface area contributed by atoms with Gasteiger partial charge in [0.05, 0.1) is 30.8 Å². The summed E-state index contributed by atoms with van der Waals surface area (Å²) in [4.78, 5) is 12.9. The molecule has 150 valence electrons. The molecule has 3 rings (SSSR count). The minimum Gasteiger partial charge on any atom is -0.496 e. The summed E-state index contributed by atoms with van der Waals surface area (Å²) in [5.74, 6) is -0.123. The number of amides is 1. The third-order valence-corrected chi connectivity index (χ3v) is 7.03. The normalized spacial score (nSPS) is 15.2. The molecular weight excluding hydrogens is 495 g/mol. The van der Waals surface area contributed by atoms with Gasteiger partial charge in [-0.1, -0.05) is 0 Å². The standard InChI is InChI=1S/C19H21IN2O5S/c1-13-11-14(20)3-5-17(13)21-19(23)16-12-15(4-6-18(16)26-2)28(24,25)22-7-9-27-10-8-22/h3-6,11-12H,7-10H2,1-2H3,(H,21,23). The van der Waals surface area contributed by atoms with Crippen molar-refractivity contribution in [1.82, 2.24) is 4.31 Å². The van der Waals surface area contributed by atoms with Crippen LogP contribution in [0.25, 0.3) is 0 Å². The van der Waals surface area contributed by atoms with Gasteiger partial charge in [0.25, 0.3) is 5.91 Å². The lowest BCUT2D eigenvalue weighted by molar-refractivity contribution is 0.0730. The summed E-state index contributed by atoms with van der Waals surface area (Å²) in [6.45, 7) is 3.19. The quantitative estimate of drug-likeness (QED) is 0.619. The van der Waals surface area contributed by atoms with Crippen LogP contribution in [-0.4, -0.2) is 52.0 Å². The van der Waals surface area contributed by atoms with Crippen LogP contribution in [0.1, 0.15) is 15.9 Å². The molecule has 0 aliphatic carbocycles. The monoisotopic (exact) mass is 516 g/mol. The van der Waals surface area contributed by atoms with Crippen molar-refractivity contribution in [3.8, 4) is 5.75 Å². The van der Waals surface area contributed by atoms with Gasteiger partial charge in [0.2, 0.25) is 10.0 Å². The number of benzene rings is 2. The van der Waals surface area contributed by atoms with Crippen LogP contribution >= 0.6 is 22.6 Å². The smallest absolute Gasteiger partial charge is 0.259 e. The zero-order valence-electron chi connectivity index (χ0n) is 15.6. The molecule has 1 aliphatic heterocycles. The molecule has 1 saturated heterocycles. The Balaban J connectivity index is 1.93. The van der Waals surface area contributed by atoms with Crippen LogP contribution in [-0.2, 0) is 14.8 Å². The summed E-state index contributed by atoms with van der Waals surface area (Å²) in [6, 6.07) is 9.97. The van der Waals surface area contributed by atoms with Crippen molar-refractivity contribution in [3.05, 3.63) is 51.1 Å². The number of carbonyl (C=O) groups is 1. The molecule has 1 N–H and O–H groups in total. The molecule has 0 unspecified atom stereocenters. The van der Waals surface area contributed by atoms with E-state index < -0.39 is 15.9 Å². The number of nitrogens with one attached hydrogen (secondary N) is 1. The number of morpholine rings is 1. The van der Waals surface area contributed by atoms with Crippen LogP contribution in [0.5, 0.6) is 5.75 Å². The fourth-order valence-corrected chi connectivity index (χ4v) is 5.00. The lowest BCUT2D eigenvalue weighted by atomic mass is 10.1. The van der Waals surface area contributed by atoms with Crippen molar-refractivity contribution >= 4 is 44.2 Å². The number of rotatable bonds is 5. The highest BCUT2D eigenvalue weighted by Gasteiger charge is 2.28. The Morgan fingerprint density at radius 2 is 1.89 bits per heavy atom. The second kappa shape index (κ2) is 8.76. The first-order valence-corrected chi connectivity index (χ1v) is 11.2. The minimum absolute atomic E-state index is 0.0553. The number of hydrogen-bond donors (Lipinski definition) is 1. The average Bonchev–Trinajstić information content (AvgIpc) is 2.70. The van der Waals surface area contributed by atoms with E-state index in [1.165, 1.54) is 29.6 Å². The second-order valence-electron chi connectivity index (χ2n) is 6.29. The van der Waals surface area contributed by atoms with Gasteiger partial charge in [-0.2, -0.15) is 4.31 Å². The third kappa shape index (κ3) is 4.48. The van der Waals surface area contributed by atoms with Gasteiger partial charge in [0.1, 0.15) is 5.75 Å². The number of nitrogens with zero attached hydrogens (tertiary/aromatic N) is 1. The van der Waals surface area contributed by atoms with E-state index in [2.05, 4.69) is 27.9 Å². The van der Waals surface area contributed by atoms with E-state index in [1.54, 1.807) is 0 Å². The molecule has 7 nitrogen and oxygen atoms in total. The molecule has 2 aromatic carbocycles. The molecule has 9 heteroatoms. The topological polar surface area (TPSA) is 84.9 Å². The van der Waals surface area contributed by atoms with E-state index in [0.717, 1.165) is 9.13 Å². The van der Waals surface area contributed by atoms with Crippen LogP contribution in [0.2, 0.25) is 0 Å². The van der Waals surface area contributed by atoms with Crippen molar-refractivity contribution in [2.75, 3.05) is 38.7 Å². The summed E-state index contributed by atoms with van der Waals surface area (Å²) < 4.78 is 38.7. The van der Waals surface area contributed by atoms with E-state index in [1.807, 2.05) is 25.1 Å². The van der Waals surface area contributed by atoms with Crippen molar-refractivity contribution in [1.29, 1.82) is 0 Å². The first-order chi connectivity index (χ1) is 13.3. The van der Waals surface area contributed by atoms with Crippen LogP contribution < -0.4 is 10.1 Å². The van der Waals surface area contributed by atoms with Gasteiger partial charge in [-0.15, -0.1) is 0 Å². The van der Waals surface area contributed by atoms with Crippen molar-refractivity contribution in [3.63, 3.8) is 0 Å². The zero-order valence-corrected chi connectivity index (χ0v) is 18.5. The summed E-state index contributed by atoms with van der Waals surface area (Å²) in [5.41, 5.74) is 1.74. The molecule has 1 amide bonds. The number of anilines is 1. The molecule has 0 spiro atoms. The highest BCUT2D eigenvalue weighted by atomic mass is 127. The van der Waals surface area contributed by atoms with Gasteiger partial charge >= 0.3 is 0 Å². The van der Waals surface area contributed by atoms with Crippen molar-refractivity contribution < 1.29 is 22.7 Å². The van der Waals surface area contributed by atoms with Crippen molar-refractivity contribution in [2.45, 2.75) is 11.8 Å². The number of methoxy groups -OCH3 is 1. The third-order valence-electron chi connectivity index (χ3n) is 4.46. The minimum atomic E-state index is -3.71. The van der Waals surface area contributed by atoms with E-state index in [-0.39, 0.29) is 23.5 Å². The van der Waals surface area contributed by atoms with E-state index in [4.69, 9.17) is 9.47 Å². The fourth-order valence-electron chi connectivity index (χ4n) is 2.92. The van der Waals surface area contributed by atoms with Crippen LogP contribution in [0, 0.1) is 10.5 Å². The van der Waals surface area contributed by atoms with E-state index in [0.29, 0.717) is 24.7 Å².